The predicted molar refractivity (Wildman–Crippen MR) is 92.7 cm³/mol. The zero-order valence-electron chi connectivity index (χ0n) is 14.3. The van der Waals surface area contributed by atoms with Crippen LogP contribution in [0.1, 0.15) is 54.1 Å². The summed E-state index contributed by atoms with van der Waals surface area (Å²) in [5.74, 6) is 0.994. The van der Waals surface area contributed by atoms with Gasteiger partial charge in [-0.15, -0.1) is 0 Å². The molecule has 1 aromatic rings. The van der Waals surface area contributed by atoms with Gasteiger partial charge in [0.2, 0.25) is 0 Å². The molecule has 1 amide bonds. The molecule has 3 aliphatic heterocycles. The Morgan fingerprint density at radius 1 is 1.22 bits per heavy atom. The number of hydrogen-bond donors (Lipinski definition) is 0. The Hall–Kier alpha value is -1.35. The summed E-state index contributed by atoms with van der Waals surface area (Å²) in [6.07, 6.45) is 7.24. The Bertz CT molecular complexity index is 589. The van der Waals surface area contributed by atoms with E-state index in [0.717, 1.165) is 31.5 Å². The second kappa shape index (κ2) is 6.27. The Kier molecular flexibility index (Phi) is 4.14. The first-order chi connectivity index (χ1) is 11.3. The molecule has 23 heavy (non-hydrogen) atoms. The van der Waals surface area contributed by atoms with Gasteiger partial charge in [-0.1, -0.05) is 12.1 Å². The number of hydrogen-bond acceptors (Lipinski definition) is 2. The van der Waals surface area contributed by atoms with E-state index in [-0.39, 0.29) is 5.91 Å². The van der Waals surface area contributed by atoms with Crippen molar-refractivity contribution in [3.8, 4) is 0 Å². The quantitative estimate of drug-likeness (QED) is 0.856. The van der Waals surface area contributed by atoms with Crippen LogP contribution >= 0.6 is 0 Å². The average molecular weight is 312 g/mol. The third kappa shape index (κ3) is 2.69. The van der Waals surface area contributed by atoms with Crippen LogP contribution in [-0.4, -0.2) is 47.9 Å². The van der Waals surface area contributed by atoms with Gasteiger partial charge in [0.05, 0.1) is 0 Å². The maximum atomic E-state index is 13.3. The van der Waals surface area contributed by atoms with Crippen molar-refractivity contribution in [2.75, 3.05) is 26.2 Å². The topological polar surface area (TPSA) is 23.6 Å². The van der Waals surface area contributed by atoms with Gasteiger partial charge in [-0.3, -0.25) is 4.79 Å². The highest BCUT2D eigenvalue weighted by Crippen LogP contribution is 2.33. The van der Waals surface area contributed by atoms with Crippen molar-refractivity contribution < 1.29 is 4.79 Å². The molecule has 0 spiro atoms. The van der Waals surface area contributed by atoms with Gasteiger partial charge in [0.1, 0.15) is 0 Å². The van der Waals surface area contributed by atoms with Crippen LogP contribution in [0, 0.1) is 5.92 Å². The van der Waals surface area contributed by atoms with E-state index in [1.807, 2.05) is 0 Å². The maximum Gasteiger partial charge on any atom is 0.254 e. The van der Waals surface area contributed by atoms with Gasteiger partial charge in [0.15, 0.2) is 0 Å². The number of aryl methyl sites for hydroxylation is 1. The molecule has 5 rings (SSSR count). The predicted octanol–water partition coefficient (Wildman–Crippen LogP) is 3.12. The maximum absolute atomic E-state index is 13.3. The lowest BCUT2D eigenvalue weighted by Crippen LogP contribution is -2.58. The fraction of sp³-hybridized carbons (Fsp3) is 0.650. The van der Waals surface area contributed by atoms with Crippen LogP contribution in [0.3, 0.4) is 0 Å². The number of rotatable bonds is 3. The highest BCUT2D eigenvalue weighted by Gasteiger charge is 2.39. The van der Waals surface area contributed by atoms with Gasteiger partial charge in [-0.2, -0.15) is 0 Å². The lowest BCUT2D eigenvalue weighted by molar-refractivity contribution is 0.00915. The van der Waals surface area contributed by atoms with E-state index in [4.69, 9.17) is 0 Å². The number of carbonyl (C=O) groups excluding carboxylic acids is 1. The SMILES string of the molecule is CCN(C(=O)c1cccc2c1CCCC2)C1CN2CCC1CC2. The molecule has 1 aliphatic carbocycles. The Morgan fingerprint density at radius 3 is 2.70 bits per heavy atom. The number of carbonyl (C=O) groups is 1. The van der Waals surface area contributed by atoms with Crippen molar-refractivity contribution in [2.24, 2.45) is 5.92 Å². The van der Waals surface area contributed by atoms with Crippen LogP contribution in [0.2, 0.25) is 0 Å². The minimum absolute atomic E-state index is 0.282. The first kappa shape index (κ1) is 15.2. The zero-order valence-corrected chi connectivity index (χ0v) is 14.3. The molecule has 124 valence electrons. The smallest absolute Gasteiger partial charge is 0.254 e. The molecule has 1 aromatic carbocycles. The lowest BCUT2D eigenvalue weighted by atomic mass is 9.82. The summed E-state index contributed by atoms with van der Waals surface area (Å²) in [4.78, 5) is 18.1. The summed E-state index contributed by atoms with van der Waals surface area (Å²) in [5.41, 5.74) is 3.73. The number of fused-ring (bicyclic) bond motifs is 4. The molecule has 0 aromatic heterocycles. The largest absolute Gasteiger partial charge is 0.334 e. The minimum Gasteiger partial charge on any atom is -0.334 e. The molecular weight excluding hydrogens is 284 g/mol. The van der Waals surface area contributed by atoms with Crippen LogP contribution in [0.25, 0.3) is 0 Å². The van der Waals surface area contributed by atoms with E-state index in [0.29, 0.717) is 12.0 Å². The molecule has 3 heterocycles. The highest BCUT2D eigenvalue weighted by molar-refractivity contribution is 5.96. The van der Waals surface area contributed by atoms with E-state index in [9.17, 15) is 4.79 Å². The Labute approximate surface area is 139 Å². The molecule has 0 saturated carbocycles. The van der Waals surface area contributed by atoms with Crippen molar-refractivity contribution in [3.05, 3.63) is 34.9 Å². The van der Waals surface area contributed by atoms with E-state index in [2.05, 4.69) is 34.9 Å². The van der Waals surface area contributed by atoms with Crippen molar-refractivity contribution >= 4 is 5.91 Å². The number of amides is 1. The standard InChI is InChI=1S/C20H28N2O/c1-2-22(19-14-21-12-10-16(19)11-13-21)20(23)18-9-5-7-15-6-3-4-8-17(15)18/h5,7,9,16,19H,2-4,6,8,10-14H2,1H3. The molecule has 1 unspecified atom stereocenters. The molecule has 3 heteroatoms. The normalized spacial score (nSPS) is 29.2. The number of benzene rings is 1. The van der Waals surface area contributed by atoms with Crippen LogP contribution < -0.4 is 0 Å². The summed E-state index contributed by atoms with van der Waals surface area (Å²) >= 11 is 0. The van der Waals surface area contributed by atoms with Gasteiger partial charge < -0.3 is 9.80 Å². The summed E-state index contributed by atoms with van der Waals surface area (Å²) < 4.78 is 0. The van der Waals surface area contributed by atoms with Crippen molar-refractivity contribution in [1.82, 2.24) is 9.80 Å². The highest BCUT2D eigenvalue weighted by atomic mass is 16.2. The molecule has 3 nitrogen and oxygen atoms in total. The molecule has 3 fully saturated rings. The minimum atomic E-state index is 0.282. The van der Waals surface area contributed by atoms with Crippen LogP contribution in [-0.2, 0) is 12.8 Å². The fourth-order valence-electron chi connectivity index (χ4n) is 4.95. The average Bonchev–Trinajstić information content (AvgIpc) is 2.63. The molecule has 2 bridgehead atoms. The summed E-state index contributed by atoms with van der Waals surface area (Å²) in [6, 6.07) is 6.79. The molecule has 0 N–H and O–H groups in total. The summed E-state index contributed by atoms with van der Waals surface area (Å²) in [5, 5.41) is 0. The third-order valence-electron chi connectivity index (χ3n) is 6.25. The van der Waals surface area contributed by atoms with Crippen molar-refractivity contribution in [1.29, 1.82) is 0 Å². The van der Waals surface area contributed by atoms with Crippen molar-refractivity contribution in [2.45, 2.75) is 51.5 Å². The van der Waals surface area contributed by atoms with Crippen LogP contribution in [0.4, 0.5) is 0 Å². The second-order valence-corrected chi connectivity index (χ2v) is 7.45. The first-order valence-corrected chi connectivity index (χ1v) is 9.42. The molecule has 0 radical (unpaired) electrons. The summed E-state index contributed by atoms with van der Waals surface area (Å²) in [6.45, 7) is 6.52. The molecule has 1 atom stereocenters. The molecular formula is C20H28N2O. The molecule has 3 saturated heterocycles. The van der Waals surface area contributed by atoms with Gasteiger partial charge in [-0.25, -0.2) is 0 Å². The van der Waals surface area contributed by atoms with E-state index in [1.165, 1.54) is 49.9 Å². The van der Waals surface area contributed by atoms with Crippen LogP contribution in [0.15, 0.2) is 18.2 Å². The first-order valence-electron chi connectivity index (χ1n) is 9.42. The van der Waals surface area contributed by atoms with Crippen LogP contribution in [0.5, 0.6) is 0 Å². The van der Waals surface area contributed by atoms with Crippen molar-refractivity contribution in [3.63, 3.8) is 0 Å². The van der Waals surface area contributed by atoms with Gasteiger partial charge in [0.25, 0.3) is 5.91 Å². The Balaban J connectivity index is 1.62. The van der Waals surface area contributed by atoms with E-state index < -0.39 is 0 Å². The van der Waals surface area contributed by atoms with Gasteiger partial charge in [-0.05, 0) is 81.6 Å². The fourth-order valence-corrected chi connectivity index (χ4v) is 4.95. The summed E-state index contributed by atoms with van der Waals surface area (Å²) in [7, 11) is 0. The monoisotopic (exact) mass is 312 g/mol. The Morgan fingerprint density at radius 2 is 2.00 bits per heavy atom. The second-order valence-electron chi connectivity index (χ2n) is 7.45. The van der Waals surface area contributed by atoms with Gasteiger partial charge in [0, 0.05) is 24.7 Å². The molecule has 4 aliphatic rings. The lowest BCUT2D eigenvalue weighted by Gasteiger charge is -2.49. The number of likely N-dealkylation sites (N-methyl/N-ethyl adjacent to an activating group) is 1. The number of piperidine rings is 3. The van der Waals surface area contributed by atoms with E-state index in [1.54, 1.807) is 0 Å². The number of nitrogens with zero attached hydrogens (tertiary/aromatic N) is 2. The third-order valence-corrected chi connectivity index (χ3v) is 6.25. The van der Waals surface area contributed by atoms with Gasteiger partial charge >= 0.3 is 0 Å². The zero-order chi connectivity index (χ0) is 15.8. The van der Waals surface area contributed by atoms with E-state index >= 15 is 0 Å².